The summed E-state index contributed by atoms with van der Waals surface area (Å²) in [6.45, 7) is 6.09. The van der Waals surface area contributed by atoms with Crippen molar-refractivity contribution in [3.63, 3.8) is 0 Å². The fraction of sp³-hybridized carbons (Fsp3) is 0.368. The van der Waals surface area contributed by atoms with Crippen LogP contribution in [0.2, 0.25) is 0 Å². The molecular weight excluding hydrogens is 263 g/mol. The standard InChI is InChI=1S/C19H23FO/c1-14(2)11-15-7-6-9-17(12-15)19(3,21)13-16-8-4-5-10-18(16)20/h4-10,12,14,21H,11,13H2,1-3H3. The second-order valence-electron chi connectivity index (χ2n) is 6.34. The lowest BCUT2D eigenvalue weighted by Crippen LogP contribution is -2.25. The van der Waals surface area contributed by atoms with Crippen molar-refractivity contribution in [2.24, 2.45) is 5.92 Å². The monoisotopic (exact) mass is 286 g/mol. The first kappa shape index (κ1) is 15.7. The molecule has 0 aromatic heterocycles. The number of hydrogen-bond donors (Lipinski definition) is 1. The molecule has 0 radical (unpaired) electrons. The van der Waals surface area contributed by atoms with Crippen molar-refractivity contribution in [1.82, 2.24) is 0 Å². The van der Waals surface area contributed by atoms with Crippen LogP contribution in [0, 0.1) is 11.7 Å². The van der Waals surface area contributed by atoms with E-state index in [1.54, 1.807) is 25.1 Å². The minimum atomic E-state index is -1.07. The Bertz CT molecular complexity index is 602. The van der Waals surface area contributed by atoms with Crippen LogP contribution in [0.15, 0.2) is 48.5 Å². The number of hydrogen-bond acceptors (Lipinski definition) is 1. The third-order valence-corrected chi connectivity index (χ3v) is 3.69. The summed E-state index contributed by atoms with van der Waals surface area (Å²) in [4.78, 5) is 0. The molecule has 0 aliphatic carbocycles. The second-order valence-corrected chi connectivity index (χ2v) is 6.34. The molecule has 112 valence electrons. The van der Waals surface area contributed by atoms with Crippen molar-refractivity contribution in [3.8, 4) is 0 Å². The SMILES string of the molecule is CC(C)Cc1cccc(C(C)(O)Cc2ccccc2F)c1. The largest absolute Gasteiger partial charge is 0.385 e. The van der Waals surface area contributed by atoms with Crippen molar-refractivity contribution in [2.45, 2.75) is 39.2 Å². The molecule has 0 heterocycles. The Labute approximate surface area is 126 Å². The zero-order chi connectivity index (χ0) is 15.5. The van der Waals surface area contributed by atoms with Crippen LogP contribution in [0.4, 0.5) is 4.39 Å². The van der Waals surface area contributed by atoms with E-state index in [0.29, 0.717) is 11.5 Å². The summed E-state index contributed by atoms with van der Waals surface area (Å²) in [5, 5.41) is 10.8. The summed E-state index contributed by atoms with van der Waals surface area (Å²) in [5.41, 5.74) is 1.51. The van der Waals surface area contributed by atoms with E-state index < -0.39 is 5.60 Å². The van der Waals surface area contributed by atoms with Crippen LogP contribution in [0.3, 0.4) is 0 Å². The lowest BCUT2D eigenvalue weighted by atomic mass is 9.87. The first-order chi connectivity index (χ1) is 9.88. The molecule has 0 saturated carbocycles. The maximum atomic E-state index is 13.8. The van der Waals surface area contributed by atoms with Crippen molar-refractivity contribution < 1.29 is 9.50 Å². The van der Waals surface area contributed by atoms with Gasteiger partial charge in [-0.2, -0.15) is 0 Å². The van der Waals surface area contributed by atoms with E-state index in [0.717, 1.165) is 12.0 Å². The Balaban J connectivity index is 2.25. The number of rotatable bonds is 5. The van der Waals surface area contributed by atoms with Gasteiger partial charge in [0.1, 0.15) is 5.82 Å². The average Bonchev–Trinajstić information content (AvgIpc) is 2.41. The molecule has 2 rings (SSSR count). The van der Waals surface area contributed by atoms with E-state index in [1.807, 2.05) is 18.2 Å². The third kappa shape index (κ3) is 4.15. The van der Waals surface area contributed by atoms with Gasteiger partial charge in [-0.05, 0) is 42.0 Å². The van der Waals surface area contributed by atoms with Gasteiger partial charge in [-0.15, -0.1) is 0 Å². The molecule has 0 aliphatic rings. The number of aliphatic hydroxyl groups is 1. The van der Waals surface area contributed by atoms with Gasteiger partial charge in [0.15, 0.2) is 0 Å². The Hall–Kier alpha value is -1.67. The lowest BCUT2D eigenvalue weighted by Gasteiger charge is -2.25. The average molecular weight is 286 g/mol. The van der Waals surface area contributed by atoms with Crippen LogP contribution in [0.25, 0.3) is 0 Å². The zero-order valence-corrected chi connectivity index (χ0v) is 12.9. The van der Waals surface area contributed by atoms with Crippen molar-refractivity contribution in [2.75, 3.05) is 0 Å². The van der Waals surface area contributed by atoms with Gasteiger partial charge in [0.05, 0.1) is 5.60 Å². The predicted molar refractivity (Wildman–Crippen MR) is 84.7 cm³/mol. The molecular formula is C19H23FO. The molecule has 0 bridgehead atoms. The van der Waals surface area contributed by atoms with Gasteiger partial charge in [-0.3, -0.25) is 0 Å². The summed E-state index contributed by atoms with van der Waals surface area (Å²) < 4.78 is 13.8. The molecule has 1 N–H and O–H groups in total. The Morgan fingerprint density at radius 1 is 1.10 bits per heavy atom. The highest BCUT2D eigenvalue weighted by Crippen LogP contribution is 2.27. The second kappa shape index (κ2) is 6.40. The van der Waals surface area contributed by atoms with E-state index >= 15 is 0 Å². The minimum absolute atomic E-state index is 0.267. The maximum absolute atomic E-state index is 13.8. The first-order valence-corrected chi connectivity index (χ1v) is 7.43. The van der Waals surface area contributed by atoms with Gasteiger partial charge in [-0.1, -0.05) is 56.3 Å². The van der Waals surface area contributed by atoms with Crippen molar-refractivity contribution in [3.05, 3.63) is 71.0 Å². The van der Waals surface area contributed by atoms with Crippen LogP contribution < -0.4 is 0 Å². The summed E-state index contributed by atoms with van der Waals surface area (Å²) in [7, 11) is 0. The molecule has 2 aromatic rings. The normalized spacial score (nSPS) is 14.2. The van der Waals surface area contributed by atoms with E-state index in [4.69, 9.17) is 0 Å². The maximum Gasteiger partial charge on any atom is 0.126 e. The molecule has 0 spiro atoms. The molecule has 1 atom stereocenters. The Morgan fingerprint density at radius 3 is 2.48 bits per heavy atom. The van der Waals surface area contributed by atoms with Crippen LogP contribution in [-0.2, 0) is 18.4 Å². The van der Waals surface area contributed by atoms with E-state index in [9.17, 15) is 9.50 Å². The van der Waals surface area contributed by atoms with Gasteiger partial charge in [-0.25, -0.2) is 4.39 Å². The highest BCUT2D eigenvalue weighted by atomic mass is 19.1. The minimum Gasteiger partial charge on any atom is -0.385 e. The summed E-state index contributed by atoms with van der Waals surface area (Å²) in [6, 6.07) is 14.6. The van der Waals surface area contributed by atoms with Gasteiger partial charge in [0, 0.05) is 6.42 Å². The quantitative estimate of drug-likeness (QED) is 0.859. The molecule has 2 heteroatoms. The molecule has 2 aromatic carbocycles. The summed E-state index contributed by atoms with van der Waals surface area (Å²) in [6.07, 6.45) is 1.24. The van der Waals surface area contributed by atoms with Crippen LogP contribution in [0.5, 0.6) is 0 Å². The predicted octanol–water partition coefficient (Wildman–Crippen LogP) is 4.47. The highest BCUT2D eigenvalue weighted by molar-refractivity contribution is 5.30. The fourth-order valence-electron chi connectivity index (χ4n) is 2.62. The van der Waals surface area contributed by atoms with E-state index in [-0.39, 0.29) is 12.2 Å². The van der Waals surface area contributed by atoms with Gasteiger partial charge in [0.25, 0.3) is 0 Å². The lowest BCUT2D eigenvalue weighted by molar-refractivity contribution is 0.0566. The van der Waals surface area contributed by atoms with Crippen LogP contribution >= 0.6 is 0 Å². The Morgan fingerprint density at radius 2 is 1.81 bits per heavy atom. The molecule has 0 amide bonds. The molecule has 0 aliphatic heterocycles. The zero-order valence-electron chi connectivity index (χ0n) is 12.9. The van der Waals surface area contributed by atoms with Gasteiger partial charge in [0.2, 0.25) is 0 Å². The first-order valence-electron chi connectivity index (χ1n) is 7.43. The summed E-state index contributed by atoms with van der Waals surface area (Å²) in [5.74, 6) is 0.299. The smallest absolute Gasteiger partial charge is 0.126 e. The van der Waals surface area contributed by atoms with E-state index in [2.05, 4.69) is 19.9 Å². The topological polar surface area (TPSA) is 20.2 Å². The van der Waals surface area contributed by atoms with Crippen molar-refractivity contribution in [1.29, 1.82) is 0 Å². The van der Waals surface area contributed by atoms with Crippen LogP contribution in [0.1, 0.15) is 37.5 Å². The molecule has 1 unspecified atom stereocenters. The van der Waals surface area contributed by atoms with Crippen LogP contribution in [-0.4, -0.2) is 5.11 Å². The third-order valence-electron chi connectivity index (χ3n) is 3.69. The molecule has 0 fully saturated rings. The molecule has 0 saturated heterocycles. The molecule has 1 nitrogen and oxygen atoms in total. The van der Waals surface area contributed by atoms with Gasteiger partial charge >= 0.3 is 0 Å². The number of halogens is 1. The Kier molecular flexibility index (Phi) is 4.79. The highest BCUT2D eigenvalue weighted by Gasteiger charge is 2.25. The fourth-order valence-corrected chi connectivity index (χ4v) is 2.62. The van der Waals surface area contributed by atoms with E-state index in [1.165, 1.54) is 11.6 Å². The van der Waals surface area contributed by atoms with Crippen molar-refractivity contribution >= 4 is 0 Å². The molecule has 21 heavy (non-hydrogen) atoms. The number of benzene rings is 2. The van der Waals surface area contributed by atoms with Gasteiger partial charge < -0.3 is 5.11 Å². The summed E-state index contributed by atoms with van der Waals surface area (Å²) >= 11 is 0.